The van der Waals surface area contributed by atoms with E-state index >= 15 is 0 Å². The zero-order chi connectivity index (χ0) is 32.0. The molecule has 0 bridgehead atoms. The summed E-state index contributed by atoms with van der Waals surface area (Å²) in [6, 6.07) is 29.7. The van der Waals surface area contributed by atoms with Crippen molar-refractivity contribution in [2.45, 2.75) is 45.8 Å². The Kier molecular flexibility index (Phi) is 9.20. The van der Waals surface area contributed by atoms with Crippen molar-refractivity contribution in [2.24, 2.45) is 7.05 Å². The lowest BCUT2D eigenvalue weighted by Gasteiger charge is -2.37. The van der Waals surface area contributed by atoms with Gasteiger partial charge >= 0.3 is 0 Å². The van der Waals surface area contributed by atoms with E-state index in [1.54, 1.807) is 23.4 Å². The molecule has 7 nitrogen and oxygen atoms in total. The van der Waals surface area contributed by atoms with E-state index in [0.717, 1.165) is 51.2 Å². The van der Waals surface area contributed by atoms with Crippen LogP contribution in [-0.2, 0) is 42.6 Å². The number of nitrogens with zero attached hydrogens (tertiary/aromatic N) is 5. The van der Waals surface area contributed by atoms with Gasteiger partial charge in [-0.2, -0.15) is 5.10 Å². The molecular weight excluding hydrogens is 570 g/mol. The molecule has 2 amide bonds. The number of carbonyl (C=O) groups excluding carboxylic acids is 2. The van der Waals surface area contributed by atoms with E-state index in [1.807, 2.05) is 103 Å². The first-order valence-corrected chi connectivity index (χ1v) is 15.7. The Bertz CT molecular complexity index is 1850. The van der Waals surface area contributed by atoms with Gasteiger partial charge in [0.2, 0.25) is 11.8 Å². The lowest BCUT2D eigenvalue weighted by molar-refractivity contribution is -0.144. The maximum atomic E-state index is 14.6. The van der Waals surface area contributed by atoms with Gasteiger partial charge in [0.25, 0.3) is 0 Å². The molecule has 0 saturated heterocycles. The highest BCUT2D eigenvalue weighted by Crippen LogP contribution is 2.25. The first kappa shape index (κ1) is 30.7. The second-order valence-electron chi connectivity index (χ2n) is 11.9. The van der Waals surface area contributed by atoms with Gasteiger partial charge in [0, 0.05) is 62.8 Å². The van der Waals surface area contributed by atoms with Crippen LogP contribution < -0.4 is 0 Å². The topological polar surface area (TPSA) is 71.3 Å². The van der Waals surface area contributed by atoms with Crippen molar-refractivity contribution in [1.29, 1.82) is 0 Å². The predicted octanol–water partition coefficient (Wildman–Crippen LogP) is 6.34. The summed E-state index contributed by atoms with van der Waals surface area (Å²) in [5.41, 5.74) is 9.27. The van der Waals surface area contributed by atoms with Crippen molar-refractivity contribution >= 4 is 17.9 Å². The number of rotatable bonds is 9. The Balaban J connectivity index is 1.36. The Morgan fingerprint density at radius 2 is 1.52 bits per heavy atom. The van der Waals surface area contributed by atoms with Crippen LogP contribution in [0.15, 0.2) is 109 Å². The van der Waals surface area contributed by atoms with Gasteiger partial charge in [-0.3, -0.25) is 19.3 Å². The average Bonchev–Trinajstić information content (AvgIpc) is 3.34. The van der Waals surface area contributed by atoms with Crippen LogP contribution in [0.2, 0.25) is 0 Å². The van der Waals surface area contributed by atoms with Crippen LogP contribution in [0, 0.1) is 13.8 Å². The second kappa shape index (κ2) is 13.8. The number of amides is 2. The first-order valence-electron chi connectivity index (χ1n) is 15.7. The second-order valence-corrected chi connectivity index (χ2v) is 11.9. The molecule has 5 aromatic rings. The summed E-state index contributed by atoms with van der Waals surface area (Å²) in [6.45, 7) is 5.37. The SMILES string of the molecule is Cc1nn(C)c(C)c1C=CC(=O)N(Cc1ccc(-c2ccncc2)cc1)C(Cc1ccccc1)C(=O)N1CCc2ccccc2C1. The van der Waals surface area contributed by atoms with E-state index in [9.17, 15) is 9.59 Å². The van der Waals surface area contributed by atoms with Crippen LogP contribution in [0.4, 0.5) is 0 Å². The number of benzene rings is 3. The fourth-order valence-electron chi connectivity index (χ4n) is 6.23. The minimum absolute atomic E-state index is 0.0396. The van der Waals surface area contributed by atoms with Gasteiger partial charge in [0.1, 0.15) is 6.04 Å². The molecule has 3 aromatic carbocycles. The summed E-state index contributed by atoms with van der Waals surface area (Å²) in [4.78, 5) is 36.6. The van der Waals surface area contributed by atoms with Crippen LogP contribution in [-0.4, -0.2) is 49.0 Å². The Morgan fingerprint density at radius 1 is 0.848 bits per heavy atom. The predicted molar refractivity (Wildman–Crippen MR) is 181 cm³/mol. The largest absolute Gasteiger partial charge is 0.336 e. The van der Waals surface area contributed by atoms with Crippen LogP contribution >= 0.6 is 0 Å². The molecule has 6 rings (SSSR count). The van der Waals surface area contributed by atoms with Crippen molar-refractivity contribution in [3.63, 3.8) is 0 Å². The standard InChI is InChI=1S/C39H39N5O2/c1-28-36(29(2)42(3)41-28)17-18-38(45)44(26-31-13-15-33(16-14-31)34-19-22-40-23-20-34)37(25-30-9-5-4-6-10-30)39(46)43-24-21-32-11-7-8-12-35(32)27-43/h4-20,22-23,37H,21,24-27H2,1-3H3. The van der Waals surface area contributed by atoms with Crippen molar-refractivity contribution < 1.29 is 9.59 Å². The highest BCUT2D eigenvalue weighted by atomic mass is 16.2. The lowest BCUT2D eigenvalue weighted by Crippen LogP contribution is -2.52. The number of pyridine rings is 1. The Hall–Kier alpha value is -5.30. The van der Waals surface area contributed by atoms with Gasteiger partial charge < -0.3 is 9.80 Å². The number of carbonyl (C=O) groups is 2. The molecule has 3 heterocycles. The summed E-state index contributed by atoms with van der Waals surface area (Å²) in [7, 11) is 1.90. The third-order valence-electron chi connectivity index (χ3n) is 8.94. The molecule has 0 saturated carbocycles. The molecule has 46 heavy (non-hydrogen) atoms. The van der Waals surface area contributed by atoms with Gasteiger partial charge in [0.15, 0.2) is 0 Å². The molecule has 1 aliphatic rings. The number of fused-ring (bicyclic) bond motifs is 1. The van der Waals surface area contributed by atoms with Crippen molar-refractivity contribution in [3.05, 3.63) is 149 Å². The smallest absolute Gasteiger partial charge is 0.247 e. The molecule has 7 heteroatoms. The summed E-state index contributed by atoms with van der Waals surface area (Å²) in [5.74, 6) is -0.255. The minimum atomic E-state index is -0.694. The fourth-order valence-corrected chi connectivity index (χ4v) is 6.23. The van der Waals surface area contributed by atoms with E-state index in [0.29, 0.717) is 26.1 Å². The fraction of sp³-hybridized carbons (Fsp3) is 0.231. The third kappa shape index (κ3) is 6.84. The highest BCUT2D eigenvalue weighted by molar-refractivity contribution is 5.96. The number of hydrogen-bond donors (Lipinski definition) is 0. The molecule has 0 aliphatic carbocycles. The zero-order valence-corrected chi connectivity index (χ0v) is 26.6. The zero-order valence-electron chi connectivity index (χ0n) is 26.6. The van der Waals surface area contributed by atoms with E-state index < -0.39 is 6.04 Å². The minimum Gasteiger partial charge on any atom is -0.336 e. The van der Waals surface area contributed by atoms with Crippen LogP contribution in [0.3, 0.4) is 0 Å². The van der Waals surface area contributed by atoms with Crippen LogP contribution in [0.1, 0.15) is 39.2 Å². The van der Waals surface area contributed by atoms with Gasteiger partial charge in [-0.05, 0) is 71.9 Å². The number of hydrogen-bond acceptors (Lipinski definition) is 4. The number of aryl methyl sites for hydroxylation is 2. The van der Waals surface area contributed by atoms with Crippen molar-refractivity contribution in [3.8, 4) is 11.1 Å². The molecule has 1 aliphatic heterocycles. The molecule has 2 aromatic heterocycles. The highest BCUT2D eigenvalue weighted by Gasteiger charge is 2.34. The Labute approximate surface area is 270 Å². The maximum absolute atomic E-state index is 14.6. The first-order chi connectivity index (χ1) is 22.4. The molecule has 0 radical (unpaired) electrons. The number of aromatic nitrogens is 3. The molecule has 1 atom stereocenters. The van der Waals surface area contributed by atoms with Gasteiger partial charge in [0.05, 0.1) is 5.69 Å². The molecule has 0 spiro atoms. The van der Waals surface area contributed by atoms with E-state index in [2.05, 4.69) is 34.3 Å². The molecule has 0 fully saturated rings. The molecule has 1 unspecified atom stereocenters. The quantitative estimate of drug-likeness (QED) is 0.183. The van der Waals surface area contributed by atoms with Crippen LogP contribution in [0.5, 0.6) is 0 Å². The lowest BCUT2D eigenvalue weighted by atomic mass is 9.97. The average molecular weight is 610 g/mol. The maximum Gasteiger partial charge on any atom is 0.247 e. The van der Waals surface area contributed by atoms with E-state index in [-0.39, 0.29) is 11.8 Å². The van der Waals surface area contributed by atoms with Gasteiger partial charge in [-0.15, -0.1) is 0 Å². The summed E-state index contributed by atoms with van der Waals surface area (Å²) >= 11 is 0. The summed E-state index contributed by atoms with van der Waals surface area (Å²) in [5, 5.41) is 4.51. The van der Waals surface area contributed by atoms with Gasteiger partial charge in [-0.1, -0.05) is 78.9 Å². The van der Waals surface area contributed by atoms with E-state index in [1.165, 1.54) is 5.56 Å². The molecular formula is C39H39N5O2. The van der Waals surface area contributed by atoms with Gasteiger partial charge in [-0.25, -0.2) is 0 Å². The third-order valence-corrected chi connectivity index (χ3v) is 8.94. The Morgan fingerprint density at radius 3 is 2.22 bits per heavy atom. The molecule has 0 N–H and O–H groups in total. The van der Waals surface area contributed by atoms with Crippen molar-refractivity contribution in [1.82, 2.24) is 24.6 Å². The summed E-state index contributed by atoms with van der Waals surface area (Å²) < 4.78 is 1.82. The molecule has 232 valence electrons. The monoisotopic (exact) mass is 609 g/mol. The normalized spacial score (nSPS) is 13.4. The van der Waals surface area contributed by atoms with E-state index in [4.69, 9.17) is 0 Å². The van der Waals surface area contributed by atoms with Crippen LogP contribution in [0.25, 0.3) is 17.2 Å². The van der Waals surface area contributed by atoms with Crippen molar-refractivity contribution in [2.75, 3.05) is 6.54 Å². The summed E-state index contributed by atoms with van der Waals surface area (Å²) in [6.07, 6.45) is 8.20.